The molecule has 102 valence electrons. The summed E-state index contributed by atoms with van der Waals surface area (Å²) in [6, 6.07) is 7.97. The van der Waals surface area contributed by atoms with Crippen LogP contribution in [-0.4, -0.2) is 28.7 Å². The van der Waals surface area contributed by atoms with Gasteiger partial charge in [0.15, 0.2) is 0 Å². The molecule has 1 aromatic carbocycles. The molecule has 1 heterocycles. The quantitative estimate of drug-likeness (QED) is 0.868. The summed E-state index contributed by atoms with van der Waals surface area (Å²) >= 11 is 1.89. The van der Waals surface area contributed by atoms with Crippen molar-refractivity contribution >= 4 is 17.7 Å². The van der Waals surface area contributed by atoms with Gasteiger partial charge in [0.05, 0.1) is 6.42 Å². The molecular formula is C15H18O3S. The molecule has 0 amide bonds. The van der Waals surface area contributed by atoms with E-state index in [2.05, 4.69) is 0 Å². The Labute approximate surface area is 117 Å². The number of thioether (sulfide) groups is 1. The number of para-hydroxylation sites is 1. The van der Waals surface area contributed by atoms with Crippen LogP contribution < -0.4 is 4.74 Å². The van der Waals surface area contributed by atoms with Gasteiger partial charge in [-0.15, -0.1) is 0 Å². The van der Waals surface area contributed by atoms with E-state index >= 15 is 0 Å². The van der Waals surface area contributed by atoms with Crippen LogP contribution in [0.3, 0.4) is 0 Å². The molecule has 1 aromatic rings. The Morgan fingerprint density at radius 3 is 2.68 bits per heavy atom. The summed E-state index contributed by atoms with van der Waals surface area (Å²) in [5.74, 6) is 2.90. The van der Waals surface area contributed by atoms with Crippen molar-refractivity contribution in [1.29, 1.82) is 0 Å². The zero-order chi connectivity index (χ0) is 13.2. The van der Waals surface area contributed by atoms with Gasteiger partial charge in [-0.3, -0.25) is 4.79 Å². The SMILES string of the molecule is O=C(O)CC(c1ccccc1OC1CSC1)C1CC1. The van der Waals surface area contributed by atoms with Crippen molar-refractivity contribution < 1.29 is 14.6 Å². The van der Waals surface area contributed by atoms with Crippen LogP contribution in [0.5, 0.6) is 5.75 Å². The van der Waals surface area contributed by atoms with E-state index in [1.807, 2.05) is 36.0 Å². The van der Waals surface area contributed by atoms with Crippen LogP contribution in [0.1, 0.15) is 30.7 Å². The third-order valence-corrected chi connectivity index (χ3v) is 5.02. The zero-order valence-electron chi connectivity index (χ0n) is 10.7. The second-order valence-electron chi connectivity index (χ2n) is 5.36. The van der Waals surface area contributed by atoms with Crippen LogP contribution >= 0.6 is 11.8 Å². The highest BCUT2D eigenvalue weighted by molar-refractivity contribution is 8.00. The lowest BCUT2D eigenvalue weighted by atomic mass is 9.90. The molecule has 1 aliphatic carbocycles. The second kappa shape index (κ2) is 5.45. The van der Waals surface area contributed by atoms with Crippen molar-refractivity contribution in [2.24, 2.45) is 5.92 Å². The van der Waals surface area contributed by atoms with Crippen LogP contribution in [0, 0.1) is 5.92 Å². The summed E-state index contributed by atoms with van der Waals surface area (Å²) in [7, 11) is 0. The summed E-state index contributed by atoms with van der Waals surface area (Å²) in [6.45, 7) is 0. The maximum atomic E-state index is 11.1. The fourth-order valence-corrected chi connectivity index (χ4v) is 3.14. The summed E-state index contributed by atoms with van der Waals surface area (Å²) in [5, 5.41) is 9.11. The molecule has 2 fully saturated rings. The lowest BCUT2D eigenvalue weighted by molar-refractivity contribution is -0.137. The van der Waals surface area contributed by atoms with Crippen molar-refractivity contribution in [2.45, 2.75) is 31.3 Å². The Bertz CT molecular complexity index is 466. The van der Waals surface area contributed by atoms with E-state index in [4.69, 9.17) is 9.84 Å². The highest BCUT2D eigenvalue weighted by Gasteiger charge is 2.35. The van der Waals surface area contributed by atoms with Gasteiger partial charge in [0.1, 0.15) is 11.9 Å². The van der Waals surface area contributed by atoms with Crippen molar-refractivity contribution in [3.63, 3.8) is 0 Å². The first-order valence-corrected chi connectivity index (χ1v) is 7.94. The predicted octanol–water partition coefficient (Wildman–Crippen LogP) is 3.15. The minimum Gasteiger partial charge on any atom is -0.488 e. The van der Waals surface area contributed by atoms with Gasteiger partial charge in [0, 0.05) is 17.4 Å². The van der Waals surface area contributed by atoms with Crippen molar-refractivity contribution in [1.82, 2.24) is 0 Å². The number of hydrogen-bond acceptors (Lipinski definition) is 3. The van der Waals surface area contributed by atoms with Gasteiger partial charge in [-0.1, -0.05) is 18.2 Å². The van der Waals surface area contributed by atoms with Crippen LogP contribution in [0.15, 0.2) is 24.3 Å². The van der Waals surface area contributed by atoms with Crippen LogP contribution in [0.2, 0.25) is 0 Å². The molecule has 1 saturated carbocycles. The molecule has 1 N–H and O–H groups in total. The maximum Gasteiger partial charge on any atom is 0.303 e. The highest BCUT2D eigenvalue weighted by Crippen LogP contribution is 2.47. The number of carboxylic acids is 1. The van der Waals surface area contributed by atoms with E-state index in [1.54, 1.807) is 0 Å². The highest BCUT2D eigenvalue weighted by atomic mass is 32.2. The molecular weight excluding hydrogens is 260 g/mol. The van der Waals surface area contributed by atoms with Gasteiger partial charge in [-0.25, -0.2) is 0 Å². The predicted molar refractivity (Wildman–Crippen MR) is 75.9 cm³/mol. The smallest absolute Gasteiger partial charge is 0.303 e. The van der Waals surface area contributed by atoms with Crippen molar-refractivity contribution in [3.8, 4) is 5.75 Å². The number of ether oxygens (including phenoxy) is 1. The molecule has 0 bridgehead atoms. The number of carbonyl (C=O) groups is 1. The maximum absolute atomic E-state index is 11.1. The fourth-order valence-electron chi connectivity index (χ4n) is 2.57. The second-order valence-corrected chi connectivity index (χ2v) is 6.43. The Morgan fingerprint density at radius 2 is 2.11 bits per heavy atom. The minimum atomic E-state index is -0.717. The Hall–Kier alpha value is -1.16. The fraction of sp³-hybridized carbons (Fsp3) is 0.533. The molecule has 3 nitrogen and oxygen atoms in total. The molecule has 1 aliphatic heterocycles. The molecule has 4 heteroatoms. The first-order chi connectivity index (χ1) is 9.24. The molecule has 2 aliphatic rings. The Morgan fingerprint density at radius 1 is 1.37 bits per heavy atom. The summed E-state index contributed by atoms with van der Waals surface area (Å²) in [5.41, 5.74) is 1.09. The summed E-state index contributed by atoms with van der Waals surface area (Å²) in [6.07, 6.45) is 2.80. The third kappa shape index (κ3) is 3.06. The number of carboxylic acid groups (broad SMARTS) is 1. The average molecular weight is 278 g/mol. The molecule has 1 atom stereocenters. The Kier molecular flexibility index (Phi) is 3.69. The number of benzene rings is 1. The Balaban J connectivity index is 1.81. The average Bonchev–Trinajstić information content (AvgIpc) is 3.15. The van der Waals surface area contributed by atoms with Crippen LogP contribution in [0.4, 0.5) is 0 Å². The van der Waals surface area contributed by atoms with E-state index in [0.717, 1.165) is 35.7 Å². The first-order valence-electron chi connectivity index (χ1n) is 6.79. The van der Waals surface area contributed by atoms with Gasteiger partial charge in [0.2, 0.25) is 0 Å². The van der Waals surface area contributed by atoms with Crippen molar-refractivity contribution in [2.75, 3.05) is 11.5 Å². The van der Waals surface area contributed by atoms with Crippen LogP contribution in [0.25, 0.3) is 0 Å². The monoisotopic (exact) mass is 278 g/mol. The zero-order valence-corrected chi connectivity index (χ0v) is 11.6. The van der Waals surface area contributed by atoms with E-state index in [1.165, 1.54) is 0 Å². The topological polar surface area (TPSA) is 46.5 Å². The number of hydrogen-bond donors (Lipinski definition) is 1. The van der Waals surface area contributed by atoms with Gasteiger partial charge in [-0.05, 0) is 30.4 Å². The standard InChI is InChI=1S/C15H18O3S/c16-15(17)7-13(10-5-6-10)12-3-1-2-4-14(12)18-11-8-19-9-11/h1-4,10-11,13H,5-9H2,(H,16,17). The third-order valence-electron chi connectivity index (χ3n) is 3.81. The normalized spacial score (nSPS) is 20.6. The molecule has 19 heavy (non-hydrogen) atoms. The lowest BCUT2D eigenvalue weighted by Gasteiger charge is -2.28. The van der Waals surface area contributed by atoms with E-state index in [9.17, 15) is 4.79 Å². The van der Waals surface area contributed by atoms with Gasteiger partial charge in [-0.2, -0.15) is 11.8 Å². The van der Waals surface area contributed by atoms with E-state index < -0.39 is 5.97 Å². The number of rotatable bonds is 6. The largest absolute Gasteiger partial charge is 0.488 e. The van der Waals surface area contributed by atoms with Crippen molar-refractivity contribution in [3.05, 3.63) is 29.8 Å². The molecule has 0 spiro atoms. The summed E-state index contributed by atoms with van der Waals surface area (Å²) in [4.78, 5) is 11.1. The van der Waals surface area contributed by atoms with Crippen LogP contribution in [-0.2, 0) is 4.79 Å². The molecule has 0 aromatic heterocycles. The molecule has 3 rings (SSSR count). The molecule has 1 unspecified atom stereocenters. The summed E-state index contributed by atoms with van der Waals surface area (Å²) < 4.78 is 6.01. The molecule has 1 saturated heterocycles. The lowest BCUT2D eigenvalue weighted by Crippen LogP contribution is -2.31. The van der Waals surface area contributed by atoms with Gasteiger partial charge < -0.3 is 9.84 Å². The van der Waals surface area contributed by atoms with E-state index in [0.29, 0.717) is 12.0 Å². The number of aliphatic carboxylic acids is 1. The minimum absolute atomic E-state index is 0.112. The molecule has 0 radical (unpaired) electrons. The first kappa shape index (κ1) is 12.9. The van der Waals surface area contributed by atoms with Gasteiger partial charge in [0.25, 0.3) is 0 Å². The van der Waals surface area contributed by atoms with Gasteiger partial charge >= 0.3 is 5.97 Å². The van der Waals surface area contributed by atoms with E-state index in [-0.39, 0.29) is 12.3 Å².